The fourth-order valence-corrected chi connectivity index (χ4v) is 1.06. The first-order valence-corrected chi connectivity index (χ1v) is 4.99. The summed E-state index contributed by atoms with van der Waals surface area (Å²) < 4.78 is 8.91. The van der Waals surface area contributed by atoms with Gasteiger partial charge in [-0.3, -0.25) is 9.59 Å². The van der Waals surface area contributed by atoms with E-state index in [1.807, 2.05) is 0 Å². The van der Waals surface area contributed by atoms with E-state index in [-0.39, 0.29) is 18.4 Å². The molecule has 0 atom stereocenters. The number of ketones is 1. The summed E-state index contributed by atoms with van der Waals surface area (Å²) in [6.45, 7) is 0. The number of carbonyl (C=O) groups excluding carboxylic acids is 3. The molecule has 0 aromatic heterocycles. The van der Waals surface area contributed by atoms with Gasteiger partial charge in [-0.05, 0) is 0 Å². The van der Waals surface area contributed by atoms with Crippen LogP contribution < -0.4 is 0 Å². The highest BCUT2D eigenvalue weighted by atomic mass is 16.5. The maximum atomic E-state index is 11.7. The van der Waals surface area contributed by atoms with Gasteiger partial charge in [0.15, 0.2) is 5.78 Å². The van der Waals surface area contributed by atoms with Gasteiger partial charge < -0.3 is 14.4 Å². The number of methoxy groups -OCH3 is 2. The van der Waals surface area contributed by atoms with Crippen LogP contribution in [0.1, 0.15) is 12.8 Å². The highest BCUT2D eigenvalue weighted by molar-refractivity contribution is 6.17. The van der Waals surface area contributed by atoms with E-state index < -0.39 is 17.7 Å². The minimum absolute atomic E-state index is 0.0584. The topological polar surface area (TPSA) is 72.9 Å². The Balaban J connectivity index is 4.66. The average molecular weight is 243 g/mol. The molecular formula is C11H17NO5. The molecule has 6 nitrogen and oxygen atoms in total. The maximum absolute atomic E-state index is 11.7. The molecule has 0 fully saturated rings. The zero-order valence-electron chi connectivity index (χ0n) is 10.5. The molecule has 0 unspecified atom stereocenters. The summed E-state index contributed by atoms with van der Waals surface area (Å²) in [5.41, 5.74) is -0.0820. The monoisotopic (exact) mass is 243 g/mol. The van der Waals surface area contributed by atoms with E-state index in [0.29, 0.717) is 0 Å². The van der Waals surface area contributed by atoms with Crippen molar-refractivity contribution in [2.45, 2.75) is 12.8 Å². The second-order valence-corrected chi connectivity index (χ2v) is 3.50. The standard InChI is InChI=1S/C11H17NO5/c1-12(2)7-8(11(15)17-4)9(13)5-6-10(14)16-3/h7H,5-6H2,1-4H3/b8-7-. The Morgan fingerprint density at radius 3 is 2.06 bits per heavy atom. The number of esters is 2. The van der Waals surface area contributed by atoms with Gasteiger partial charge in [-0.25, -0.2) is 4.79 Å². The second-order valence-electron chi connectivity index (χ2n) is 3.50. The summed E-state index contributed by atoms with van der Waals surface area (Å²) >= 11 is 0. The minimum Gasteiger partial charge on any atom is -0.469 e. The summed E-state index contributed by atoms with van der Waals surface area (Å²) in [4.78, 5) is 35.5. The molecule has 0 saturated carbocycles. The van der Waals surface area contributed by atoms with Crippen LogP contribution in [0.15, 0.2) is 11.8 Å². The van der Waals surface area contributed by atoms with Crippen LogP contribution in [0.5, 0.6) is 0 Å². The lowest BCUT2D eigenvalue weighted by Crippen LogP contribution is -2.19. The molecule has 0 amide bonds. The van der Waals surface area contributed by atoms with Gasteiger partial charge >= 0.3 is 11.9 Å². The van der Waals surface area contributed by atoms with E-state index in [1.165, 1.54) is 20.4 Å². The van der Waals surface area contributed by atoms with Gasteiger partial charge in [0.2, 0.25) is 0 Å². The predicted molar refractivity (Wildman–Crippen MR) is 60.0 cm³/mol. The Kier molecular flexibility index (Phi) is 6.62. The molecular weight excluding hydrogens is 226 g/mol. The Bertz CT molecular complexity index is 333. The van der Waals surface area contributed by atoms with E-state index in [4.69, 9.17) is 0 Å². The molecule has 0 radical (unpaired) electrons. The Morgan fingerprint density at radius 2 is 1.65 bits per heavy atom. The fourth-order valence-electron chi connectivity index (χ4n) is 1.06. The molecule has 0 saturated heterocycles. The zero-order chi connectivity index (χ0) is 13.4. The molecule has 17 heavy (non-hydrogen) atoms. The first-order valence-electron chi connectivity index (χ1n) is 4.99. The number of ether oxygens (including phenoxy) is 2. The number of hydrogen-bond acceptors (Lipinski definition) is 6. The van der Waals surface area contributed by atoms with Gasteiger partial charge in [-0.15, -0.1) is 0 Å². The summed E-state index contributed by atoms with van der Waals surface area (Å²) in [5, 5.41) is 0. The van der Waals surface area contributed by atoms with Crippen molar-refractivity contribution in [3.8, 4) is 0 Å². The highest BCUT2D eigenvalue weighted by Gasteiger charge is 2.20. The Morgan fingerprint density at radius 1 is 1.06 bits per heavy atom. The van der Waals surface area contributed by atoms with Gasteiger partial charge in [0.25, 0.3) is 0 Å². The molecule has 0 spiro atoms. The summed E-state index contributed by atoms with van der Waals surface area (Å²) in [6.07, 6.45) is 1.23. The fraction of sp³-hybridized carbons (Fsp3) is 0.545. The van der Waals surface area contributed by atoms with Gasteiger partial charge in [0.1, 0.15) is 5.57 Å². The van der Waals surface area contributed by atoms with E-state index in [1.54, 1.807) is 19.0 Å². The van der Waals surface area contributed by atoms with E-state index >= 15 is 0 Å². The summed E-state index contributed by atoms with van der Waals surface area (Å²) in [5.74, 6) is -1.66. The van der Waals surface area contributed by atoms with E-state index in [2.05, 4.69) is 9.47 Å². The molecule has 0 bridgehead atoms. The van der Waals surface area contributed by atoms with Crippen molar-refractivity contribution < 1.29 is 23.9 Å². The minimum atomic E-state index is -0.714. The predicted octanol–water partition coefficient (Wildman–Crippen LogP) is 0.127. The Labute approximate surface area is 100 Å². The van der Waals surface area contributed by atoms with Crippen molar-refractivity contribution in [3.63, 3.8) is 0 Å². The third-order valence-electron chi connectivity index (χ3n) is 1.88. The zero-order valence-corrected chi connectivity index (χ0v) is 10.5. The van der Waals surface area contributed by atoms with Crippen LogP contribution in [0.3, 0.4) is 0 Å². The lowest BCUT2D eigenvalue weighted by molar-refractivity contribution is -0.143. The van der Waals surface area contributed by atoms with Crippen LogP contribution in [0.4, 0.5) is 0 Å². The van der Waals surface area contributed by atoms with Crippen LogP contribution in [0, 0.1) is 0 Å². The number of carbonyl (C=O) groups is 3. The Hall–Kier alpha value is -1.85. The lowest BCUT2D eigenvalue weighted by Gasteiger charge is -2.09. The van der Waals surface area contributed by atoms with Crippen molar-refractivity contribution in [1.29, 1.82) is 0 Å². The third kappa shape index (κ3) is 5.70. The first-order chi connectivity index (χ1) is 7.92. The molecule has 0 aliphatic carbocycles. The normalized spacial score (nSPS) is 10.7. The van der Waals surface area contributed by atoms with E-state index in [9.17, 15) is 14.4 Å². The quantitative estimate of drug-likeness (QED) is 0.286. The number of hydrogen-bond donors (Lipinski definition) is 0. The molecule has 0 aromatic rings. The summed E-state index contributed by atoms with van der Waals surface area (Å²) in [6, 6.07) is 0. The van der Waals surface area contributed by atoms with Gasteiger partial charge in [-0.1, -0.05) is 0 Å². The van der Waals surface area contributed by atoms with Crippen LogP contribution in [-0.2, 0) is 23.9 Å². The van der Waals surface area contributed by atoms with Crippen LogP contribution >= 0.6 is 0 Å². The maximum Gasteiger partial charge on any atom is 0.342 e. The highest BCUT2D eigenvalue weighted by Crippen LogP contribution is 2.06. The van der Waals surface area contributed by atoms with Gasteiger partial charge in [-0.2, -0.15) is 0 Å². The molecule has 96 valence electrons. The number of Topliss-reactive ketones (excluding diaryl/α,β-unsaturated/α-hetero) is 1. The van der Waals surface area contributed by atoms with Crippen molar-refractivity contribution in [3.05, 3.63) is 11.8 Å². The van der Waals surface area contributed by atoms with Gasteiger partial charge in [0, 0.05) is 26.7 Å². The van der Waals surface area contributed by atoms with Crippen molar-refractivity contribution in [2.75, 3.05) is 28.3 Å². The lowest BCUT2D eigenvalue weighted by atomic mass is 10.1. The second kappa shape index (κ2) is 7.43. The molecule has 0 aromatic carbocycles. The van der Waals surface area contributed by atoms with Crippen molar-refractivity contribution >= 4 is 17.7 Å². The number of nitrogens with zero attached hydrogens (tertiary/aromatic N) is 1. The van der Waals surface area contributed by atoms with Crippen LogP contribution in [0.25, 0.3) is 0 Å². The molecule has 0 N–H and O–H groups in total. The smallest absolute Gasteiger partial charge is 0.342 e. The van der Waals surface area contributed by atoms with Crippen molar-refractivity contribution in [2.24, 2.45) is 0 Å². The van der Waals surface area contributed by atoms with Crippen LogP contribution in [0.2, 0.25) is 0 Å². The molecule has 0 rings (SSSR count). The van der Waals surface area contributed by atoms with Crippen molar-refractivity contribution in [1.82, 2.24) is 4.90 Å². The third-order valence-corrected chi connectivity index (χ3v) is 1.88. The first kappa shape index (κ1) is 15.2. The molecule has 6 heteroatoms. The molecule has 0 aliphatic rings. The number of rotatable bonds is 6. The summed E-state index contributed by atoms with van der Waals surface area (Å²) in [7, 11) is 5.79. The largest absolute Gasteiger partial charge is 0.469 e. The average Bonchev–Trinajstić information content (AvgIpc) is 2.31. The van der Waals surface area contributed by atoms with Crippen LogP contribution in [-0.4, -0.2) is 50.9 Å². The van der Waals surface area contributed by atoms with E-state index in [0.717, 1.165) is 0 Å². The molecule has 0 aliphatic heterocycles. The SMILES string of the molecule is COC(=O)CCC(=O)/C(=C/N(C)C)C(=O)OC. The van der Waals surface area contributed by atoms with Gasteiger partial charge in [0.05, 0.1) is 20.6 Å². The molecule has 0 heterocycles.